The molecular weight excluding hydrogens is 424 g/mol. The number of phenols is 1. The second-order valence-corrected chi connectivity index (χ2v) is 6.36. The van der Waals surface area contributed by atoms with E-state index in [0.29, 0.717) is 0 Å². The Morgan fingerprint density at radius 2 is 1.88 bits per heavy atom. The number of amides is 1. The number of methoxy groups -OCH3 is 1. The van der Waals surface area contributed by atoms with Gasteiger partial charge in [-0.15, -0.1) is 0 Å². The Hall–Kier alpha value is -4.81. The van der Waals surface area contributed by atoms with Crippen LogP contribution >= 0.6 is 0 Å². The van der Waals surface area contributed by atoms with Gasteiger partial charge in [-0.1, -0.05) is 12.1 Å². The van der Waals surface area contributed by atoms with E-state index in [4.69, 9.17) is 4.74 Å². The lowest BCUT2D eigenvalue weighted by Gasteiger charge is -2.05. The van der Waals surface area contributed by atoms with Crippen molar-refractivity contribution >= 4 is 23.5 Å². The summed E-state index contributed by atoms with van der Waals surface area (Å²) in [5.41, 5.74) is 2.63. The van der Waals surface area contributed by atoms with Gasteiger partial charge in [-0.2, -0.15) is 10.2 Å². The molecule has 0 aliphatic heterocycles. The molecule has 1 heterocycles. The zero-order valence-electron chi connectivity index (χ0n) is 16.5. The van der Waals surface area contributed by atoms with Crippen molar-refractivity contribution in [2.24, 2.45) is 5.10 Å². The topological polar surface area (TPSA) is 175 Å². The molecule has 0 aliphatic rings. The molecule has 2 aromatic carbocycles. The molecule has 3 rings (SSSR count). The number of carbonyl (C=O) groups excluding carboxylic acids is 1. The van der Waals surface area contributed by atoms with Crippen LogP contribution in [0.15, 0.2) is 53.8 Å². The number of nitrogens with zero attached hydrogens (tertiary/aromatic N) is 5. The number of benzene rings is 2. The number of hydrogen-bond acceptors (Lipinski definition) is 9. The molecule has 0 saturated carbocycles. The van der Waals surface area contributed by atoms with Crippen molar-refractivity contribution in [3.63, 3.8) is 0 Å². The molecule has 2 N–H and O–H groups in total. The quantitative estimate of drug-likeness (QED) is 0.304. The van der Waals surface area contributed by atoms with Crippen LogP contribution in [-0.2, 0) is 6.54 Å². The van der Waals surface area contributed by atoms with Gasteiger partial charge in [0.25, 0.3) is 17.3 Å². The summed E-state index contributed by atoms with van der Waals surface area (Å²) >= 11 is 0. The number of hydrazone groups is 1. The minimum atomic E-state index is -0.657. The number of aromatic hydroxyl groups is 1. The molecule has 0 radical (unpaired) electrons. The molecule has 1 amide bonds. The van der Waals surface area contributed by atoms with Crippen LogP contribution < -0.4 is 10.2 Å². The summed E-state index contributed by atoms with van der Waals surface area (Å²) in [5, 5.41) is 39.6. The molecule has 0 aliphatic carbocycles. The van der Waals surface area contributed by atoms with Crippen molar-refractivity contribution in [2.45, 2.75) is 6.54 Å². The molecule has 0 saturated heterocycles. The highest BCUT2D eigenvalue weighted by molar-refractivity contribution is 5.93. The van der Waals surface area contributed by atoms with Crippen LogP contribution in [0, 0.1) is 20.2 Å². The number of carbonyl (C=O) groups is 1. The van der Waals surface area contributed by atoms with E-state index in [0.717, 1.165) is 23.9 Å². The van der Waals surface area contributed by atoms with Crippen LogP contribution in [0.5, 0.6) is 11.5 Å². The molecule has 0 bridgehead atoms. The number of hydrogen-bond donors (Lipinski definition) is 2. The molecule has 13 nitrogen and oxygen atoms in total. The van der Waals surface area contributed by atoms with Crippen LogP contribution in [0.3, 0.4) is 0 Å². The first-order valence-corrected chi connectivity index (χ1v) is 8.94. The van der Waals surface area contributed by atoms with E-state index in [2.05, 4.69) is 15.6 Å². The van der Waals surface area contributed by atoms with Crippen LogP contribution in [-0.4, -0.2) is 44.0 Å². The van der Waals surface area contributed by atoms with E-state index in [9.17, 15) is 30.1 Å². The number of nitro groups is 2. The van der Waals surface area contributed by atoms with Crippen molar-refractivity contribution in [1.82, 2.24) is 15.2 Å². The van der Waals surface area contributed by atoms with Gasteiger partial charge in [0.05, 0.1) is 35.8 Å². The number of ether oxygens (including phenoxy) is 1. The lowest BCUT2D eigenvalue weighted by molar-refractivity contribution is -0.385. The average Bonchev–Trinajstić information content (AvgIpc) is 3.23. The van der Waals surface area contributed by atoms with Gasteiger partial charge in [0.2, 0.25) is 0 Å². The molecule has 0 fully saturated rings. The van der Waals surface area contributed by atoms with Gasteiger partial charge in [-0.05, 0) is 11.6 Å². The molecule has 3 aromatic rings. The van der Waals surface area contributed by atoms with E-state index >= 15 is 0 Å². The summed E-state index contributed by atoms with van der Waals surface area (Å²) in [7, 11) is 1.24. The molecule has 32 heavy (non-hydrogen) atoms. The summed E-state index contributed by atoms with van der Waals surface area (Å²) in [6.07, 6.45) is 2.59. The Kier molecular flexibility index (Phi) is 6.39. The van der Waals surface area contributed by atoms with Crippen molar-refractivity contribution in [2.75, 3.05) is 7.11 Å². The Labute approximate surface area is 179 Å². The van der Waals surface area contributed by atoms with Crippen molar-refractivity contribution in [1.29, 1.82) is 0 Å². The predicted molar refractivity (Wildman–Crippen MR) is 111 cm³/mol. The monoisotopic (exact) mass is 440 g/mol. The van der Waals surface area contributed by atoms with Gasteiger partial charge in [-0.25, -0.2) is 5.43 Å². The number of nitro benzene ring substituents is 2. The maximum atomic E-state index is 12.2. The van der Waals surface area contributed by atoms with Gasteiger partial charge in [0.1, 0.15) is 0 Å². The van der Waals surface area contributed by atoms with Crippen molar-refractivity contribution in [3.05, 3.63) is 85.7 Å². The standard InChI is InChI=1S/C19H16N6O7/c1-32-17-9-15(25(30)31)8-13(18(17)26)10-20-21-19(27)16-6-7-23(22-16)11-12-2-4-14(5-3-12)24(28)29/h2-10,26H,11H2,1H3,(H,21,27)/b20-10-. The van der Waals surface area contributed by atoms with Gasteiger partial charge >= 0.3 is 0 Å². The molecule has 0 unspecified atom stereocenters. The summed E-state index contributed by atoms with van der Waals surface area (Å²) in [5.74, 6) is -1.14. The SMILES string of the molecule is COc1cc([N+](=O)[O-])cc(/C=N\NC(=O)c2ccn(Cc3ccc([N+](=O)[O-])cc3)n2)c1O. The summed E-state index contributed by atoms with van der Waals surface area (Å²) in [6, 6.07) is 9.51. The van der Waals surface area contributed by atoms with E-state index in [1.54, 1.807) is 18.3 Å². The lowest BCUT2D eigenvalue weighted by Crippen LogP contribution is -2.18. The van der Waals surface area contributed by atoms with Crippen LogP contribution in [0.4, 0.5) is 11.4 Å². The smallest absolute Gasteiger partial charge is 0.291 e. The molecule has 13 heteroatoms. The summed E-state index contributed by atoms with van der Waals surface area (Å²) in [6.45, 7) is 0.288. The fourth-order valence-corrected chi connectivity index (χ4v) is 2.67. The number of nitrogens with one attached hydrogen (secondary N) is 1. The van der Waals surface area contributed by atoms with Crippen LogP contribution in [0.1, 0.15) is 21.6 Å². The molecule has 164 valence electrons. The highest BCUT2D eigenvalue weighted by Crippen LogP contribution is 2.33. The normalized spacial score (nSPS) is 10.8. The fraction of sp³-hybridized carbons (Fsp3) is 0.105. The van der Waals surface area contributed by atoms with Crippen molar-refractivity contribution < 1.29 is 24.5 Å². The van der Waals surface area contributed by atoms with Gasteiger partial charge in [-0.3, -0.25) is 29.7 Å². The third-order valence-corrected chi connectivity index (χ3v) is 4.25. The van der Waals surface area contributed by atoms with E-state index in [-0.39, 0.29) is 40.7 Å². The maximum Gasteiger partial charge on any atom is 0.291 e. The minimum Gasteiger partial charge on any atom is -0.504 e. The number of non-ortho nitro benzene ring substituents is 2. The van der Waals surface area contributed by atoms with Crippen LogP contribution in [0.25, 0.3) is 0 Å². The summed E-state index contributed by atoms with van der Waals surface area (Å²) < 4.78 is 6.36. The Morgan fingerprint density at radius 1 is 1.19 bits per heavy atom. The zero-order valence-corrected chi connectivity index (χ0v) is 16.5. The Bertz CT molecular complexity index is 1200. The number of aromatic nitrogens is 2. The third-order valence-electron chi connectivity index (χ3n) is 4.25. The average molecular weight is 440 g/mol. The fourth-order valence-electron chi connectivity index (χ4n) is 2.67. The van der Waals surface area contributed by atoms with Crippen LogP contribution in [0.2, 0.25) is 0 Å². The van der Waals surface area contributed by atoms with E-state index in [1.807, 2.05) is 0 Å². The molecule has 0 spiro atoms. The molecule has 1 aromatic heterocycles. The zero-order chi connectivity index (χ0) is 23.3. The first-order chi connectivity index (χ1) is 15.3. The Morgan fingerprint density at radius 3 is 2.50 bits per heavy atom. The van der Waals surface area contributed by atoms with Gasteiger partial charge in [0.15, 0.2) is 17.2 Å². The number of phenolic OH excluding ortho intramolecular Hbond substituents is 1. The van der Waals surface area contributed by atoms with E-state index in [1.165, 1.54) is 30.0 Å². The largest absolute Gasteiger partial charge is 0.504 e. The highest BCUT2D eigenvalue weighted by Gasteiger charge is 2.16. The first-order valence-electron chi connectivity index (χ1n) is 8.94. The highest BCUT2D eigenvalue weighted by atomic mass is 16.6. The lowest BCUT2D eigenvalue weighted by atomic mass is 10.2. The molecular formula is C19H16N6O7. The molecule has 0 atom stereocenters. The number of rotatable bonds is 8. The van der Waals surface area contributed by atoms with Gasteiger partial charge < -0.3 is 9.84 Å². The second-order valence-electron chi connectivity index (χ2n) is 6.36. The third kappa shape index (κ3) is 5.02. The predicted octanol–water partition coefficient (Wildman–Crippen LogP) is 2.23. The summed E-state index contributed by atoms with van der Waals surface area (Å²) in [4.78, 5) is 32.8. The van der Waals surface area contributed by atoms with Crippen molar-refractivity contribution in [3.8, 4) is 11.5 Å². The Balaban J connectivity index is 1.66. The minimum absolute atomic E-state index is 0.0277. The van der Waals surface area contributed by atoms with E-state index < -0.39 is 15.8 Å². The maximum absolute atomic E-state index is 12.2. The first kappa shape index (κ1) is 21.9. The van der Waals surface area contributed by atoms with Gasteiger partial charge in [0, 0.05) is 30.0 Å². The second kappa shape index (κ2) is 9.34.